The Labute approximate surface area is 120 Å². The van der Waals surface area contributed by atoms with Crippen LogP contribution in [-0.4, -0.2) is 20.6 Å². The van der Waals surface area contributed by atoms with Crippen molar-refractivity contribution in [1.29, 1.82) is 0 Å². The first-order valence-corrected chi connectivity index (χ1v) is 7.11. The third-order valence-corrected chi connectivity index (χ3v) is 4.55. The summed E-state index contributed by atoms with van der Waals surface area (Å²) < 4.78 is 1.91. The molecule has 0 aliphatic heterocycles. The fourth-order valence-electron chi connectivity index (χ4n) is 2.31. The van der Waals surface area contributed by atoms with Gasteiger partial charge in [-0.25, -0.2) is 9.78 Å². The Hall–Kier alpha value is -2.14. The standard InChI is InChI=1S/C15H14N2O2S/c1-9-6-11(20-10(9)2)7-17-8-16-13-5-3-4-12(14(13)17)15(18)19/h3-6,8H,7H2,1-2H3,(H,18,19). The molecule has 1 N–H and O–H groups in total. The van der Waals surface area contributed by atoms with E-state index in [4.69, 9.17) is 0 Å². The zero-order valence-electron chi connectivity index (χ0n) is 11.3. The highest BCUT2D eigenvalue weighted by Crippen LogP contribution is 2.24. The number of fused-ring (bicyclic) bond motifs is 1. The predicted octanol–water partition coefficient (Wildman–Crippen LogP) is 3.46. The number of benzene rings is 1. The van der Waals surface area contributed by atoms with Crippen molar-refractivity contribution in [2.45, 2.75) is 20.4 Å². The number of hydrogen-bond donors (Lipinski definition) is 1. The van der Waals surface area contributed by atoms with Crippen molar-refractivity contribution in [2.75, 3.05) is 0 Å². The minimum atomic E-state index is -0.920. The van der Waals surface area contributed by atoms with Crippen molar-refractivity contribution in [2.24, 2.45) is 0 Å². The molecule has 4 nitrogen and oxygen atoms in total. The fraction of sp³-hybridized carbons (Fsp3) is 0.200. The van der Waals surface area contributed by atoms with Gasteiger partial charge in [-0.15, -0.1) is 11.3 Å². The van der Waals surface area contributed by atoms with Crippen LogP contribution < -0.4 is 0 Å². The van der Waals surface area contributed by atoms with Gasteiger partial charge in [0, 0.05) is 9.75 Å². The molecule has 5 heteroatoms. The molecule has 102 valence electrons. The van der Waals surface area contributed by atoms with Crippen LogP contribution in [0.1, 0.15) is 25.7 Å². The van der Waals surface area contributed by atoms with Gasteiger partial charge in [0.25, 0.3) is 0 Å². The zero-order valence-corrected chi connectivity index (χ0v) is 12.1. The van der Waals surface area contributed by atoms with Crippen LogP contribution in [0.2, 0.25) is 0 Å². The summed E-state index contributed by atoms with van der Waals surface area (Å²) in [5, 5.41) is 9.30. The number of para-hydroxylation sites is 1. The lowest BCUT2D eigenvalue weighted by Gasteiger charge is -2.04. The Morgan fingerprint density at radius 2 is 2.20 bits per heavy atom. The molecule has 1 aromatic carbocycles. The van der Waals surface area contributed by atoms with Crippen LogP contribution in [-0.2, 0) is 6.54 Å². The molecule has 0 unspecified atom stereocenters. The number of carbonyl (C=O) groups is 1. The van der Waals surface area contributed by atoms with Crippen LogP contribution in [0.4, 0.5) is 0 Å². The maximum Gasteiger partial charge on any atom is 0.337 e. The van der Waals surface area contributed by atoms with Gasteiger partial charge in [0.2, 0.25) is 0 Å². The Bertz CT molecular complexity index is 782. The molecule has 0 atom stereocenters. The summed E-state index contributed by atoms with van der Waals surface area (Å²) in [4.78, 5) is 18.1. The molecule has 0 amide bonds. The van der Waals surface area contributed by atoms with E-state index in [-0.39, 0.29) is 0 Å². The van der Waals surface area contributed by atoms with Crippen molar-refractivity contribution >= 4 is 28.3 Å². The van der Waals surface area contributed by atoms with Crippen molar-refractivity contribution in [3.8, 4) is 0 Å². The molecule has 0 radical (unpaired) electrons. The minimum absolute atomic E-state index is 0.296. The molecule has 0 bridgehead atoms. The van der Waals surface area contributed by atoms with Crippen LogP contribution in [0, 0.1) is 13.8 Å². The molecule has 0 fully saturated rings. The molecule has 0 saturated carbocycles. The lowest BCUT2D eigenvalue weighted by atomic mass is 10.2. The number of aromatic carboxylic acids is 1. The quantitative estimate of drug-likeness (QED) is 0.802. The van der Waals surface area contributed by atoms with Gasteiger partial charge in [-0.05, 0) is 37.6 Å². The highest BCUT2D eigenvalue weighted by molar-refractivity contribution is 7.12. The molecule has 0 spiro atoms. The van der Waals surface area contributed by atoms with E-state index in [1.54, 1.807) is 29.8 Å². The number of nitrogens with zero attached hydrogens (tertiary/aromatic N) is 2. The second kappa shape index (κ2) is 4.76. The van der Waals surface area contributed by atoms with Crippen molar-refractivity contribution in [3.63, 3.8) is 0 Å². The van der Waals surface area contributed by atoms with Gasteiger partial charge < -0.3 is 9.67 Å². The second-order valence-corrected chi connectivity index (χ2v) is 6.14. The summed E-state index contributed by atoms with van der Waals surface area (Å²) in [6, 6.07) is 7.33. The van der Waals surface area contributed by atoms with Crippen molar-refractivity contribution in [1.82, 2.24) is 9.55 Å². The Kier molecular flexibility index (Phi) is 3.06. The van der Waals surface area contributed by atoms with Gasteiger partial charge in [-0.3, -0.25) is 0 Å². The van der Waals surface area contributed by atoms with Gasteiger partial charge in [-0.2, -0.15) is 0 Å². The van der Waals surface area contributed by atoms with E-state index in [9.17, 15) is 9.90 Å². The van der Waals surface area contributed by atoms with E-state index >= 15 is 0 Å². The summed E-state index contributed by atoms with van der Waals surface area (Å²) in [5.74, 6) is -0.920. The molecule has 3 aromatic rings. The number of carboxylic acid groups (broad SMARTS) is 1. The van der Waals surface area contributed by atoms with Crippen LogP contribution in [0.3, 0.4) is 0 Å². The van der Waals surface area contributed by atoms with E-state index < -0.39 is 5.97 Å². The number of hydrogen-bond acceptors (Lipinski definition) is 3. The molecular formula is C15H14N2O2S. The van der Waals surface area contributed by atoms with Crippen LogP contribution >= 0.6 is 11.3 Å². The molecule has 0 aliphatic carbocycles. The third kappa shape index (κ3) is 2.10. The third-order valence-electron chi connectivity index (χ3n) is 3.41. The van der Waals surface area contributed by atoms with Crippen LogP contribution in [0.25, 0.3) is 11.0 Å². The fourth-order valence-corrected chi connectivity index (χ4v) is 3.37. The van der Waals surface area contributed by atoms with Gasteiger partial charge in [0.1, 0.15) is 0 Å². The molecule has 3 rings (SSSR count). The molecule has 2 heterocycles. The highest BCUT2D eigenvalue weighted by atomic mass is 32.1. The van der Waals surface area contributed by atoms with E-state index in [0.717, 1.165) is 5.52 Å². The minimum Gasteiger partial charge on any atom is -0.478 e. The first kappa shape index (κ1) is 12.9. The Balaban J connectivity index is 2.10. The molecule has 2 aromatic heterocycles. The lowest BCUT2D eigenvalue weighted by molar-refractivity contribution is 0.0698. The maximum absolute atomic E-state index is 11.3. The first-order valence-electron chi connectivity index (χ1n) is 6.29. The van der Waals surface area contributed by atoms with E-state index in [1.807, 2.05) is 10.6 Å². The normalized spacial score (nSPS) is 11.1. The molecule has 0 aliphatic rings. The monoisotopic (exact) mass is 286 g/mol. The number of rotatable bonds is 3. The van der Waals surface area contributed by atoms with Gasteiger partial charge in [0.05, 0.1) is 29.5 Å². The van der Waals surface area contributed by atoms with Crippen molar-refractivity contribution in [3.05, 3.63) is 51.5 Å². The predicted molar refractivity (Wildman–Crippen MR) is 79.6 cm³/mol. The summed E-state index contributed by atoms with van der Waals surface area (Å²) in [6.07, 6.45) is 1.71. The van der Waals surface area contributed by atoms with Crippen molar-refractivity contribution < 1.29 is 9.90 Å². The highest BCUT2D eigenvalue weighted by Gasteiger charge is 2.14. The largest absolute Gasteiger partial charge is 0.478 e. The Morgan fingerprint density at radius 1 is 1.40 bits per heavy atom. The number of aromatic nitrogens is 2. The molecule has 0 saturated heterocycles. The second-order valence-electron chi connectivity index (χ2n) is 4.80. The average molecular weight is 286 g/mol. The van der Waals surface area contributed by atoms with Crippen LogP contribution in [0.15, 0.2) is 30.6 Å². The topological polar surface area (TPSA) is 55.1 Å². The number of carboxylic acids is 1. The van der Waals surface area contributed by atoms with Gasteiger partial charge in [0.15, 0.2) is 0 Å². The Morgan fingerprint density at radius 3 is 2.85 bits per heavy atom. The van der Waals surface area contributed by atoms with E-state index in [0.29, 0.717) is 17.6 Å². The lowest BCUT2D eigenvalue weighted by Crippen LogP contribution is -2.03. The zero-order chi connectivity index (χ0) is 14.3. The van der Waals surface area contributed by atoms with E-state index in [2.05, 4.69) is 24.9 Å². The summed E-state index contributed by atoms with van der Waals surface area (Å²) in [5.41, 5.74) is 2.97. The number of aryl methyl sites for hydroxylation is 2. The van der Waals surface area contributed by atoms with Gasteiger partial charge in [-0.1, -0.05) is 6.07 Å². The van der Waals surface area contributed by atoms with E-state index in [1.165, 1.54) is 15.3 Å². The van der Waals surface area contributed by atoms with Crippen LogP contribution in [0.5, 0.6) is 0 Å². The molecule has 20 heavy (non-hydrogen) atoms. The summed E-state index contributed by atoms with van der Waals surface area (Å²) in [6.45, 7) is 4.84. The SMILES string of the molecule is Cc1cc(Cn2cnc3cccc(C(=O)O)c32)sc1C. The summed E-state index contributed by atoms with van der Waals surface area (Å²) in [7, 11) is 0. The smallest absolute Gasteiger partial charge is 0.337 e. The molecular weight excluding hydrogens is 272 g/mol. The first-order chi connectivity index (χ1) is 9.56. The number of thiophene rings is 1. The average Bonchev–Trinajstić information content (AvgIpc) is 2.94. The van der Waals surface area contributed by atoms with Gasteiger partial charge >= 0.3 is 5.97 Å². The summed E-state index contributed by atoms with van der Waals surface area (Å²) >= 11 is 1.74. The number of imidazole rings is 1. The maximum atomic E-state index is 11.3.